The molecular weight excluding hydrogens is 272 g/mol. The number of amides is 1. The van der Waals surface area contributed by atoms with Crippen molar-refractivity contribution < 1.29 is 4.79 Å². The first kappa shape index (κ1) is 16.2. The molecule has 0 saturated heterocycles. The summed E-state index contributed by atoms with van der Waals surface area (Å²) in [6.07, 6.45) is 0.839. The van der Waals surface area contributed by atoms with Gasteiger partial charge in [-0.15, -0.1) is 0 Å². The number of hydrogen-bond donors (Lipinski definition) is 1. The zero-order chi connectivity index (χ0) is 15.9. The summed E-state index contributed by atoms with van der Waals surface area (Å²) in [4.78, 5) is 14.4. The molecule has 0 aromatic heterocycles. The van der Waals surface area contributed by atoms with Gasteiger partial charge in [0.1, 0.15) is 0 Å². The van der Waals surface area contributed by atoms with Crippen molar-refractivity contribution in [3.63, 3.8) is 0 Å². The fraction of sp³-hybridized carbons (Fsp3) is 0.316. The molecule has 3 nitrogen and oxygen atoms in total. The summed E-state index contributed by atoms with van der Waals surface area (Å²) in [6, 6.07) is 18.1. The predicted octanol–water partition coefficient (Wildman–Crippen LogP) is 3.11. The van der Waals surface area contributed by atoms with Crippen LogP contribution in [0.1, 0.15) is 28.4 Å². The van der Waals surface area contributed by atoms with E-state index in [4.69, 9.17) is 0 Å². The number of hydrogen-bond acceptors (Lipinski definition) is 2. The maximum absolute atomic E-state index is 12.3. The van der Waals surface area contributed by atoms with E-state index in [0.717, 1.165) is 13.0 Å². The Morgan fingerprint density at radius 2 is 1.64 bits per heavy atom. The predicted molar refractivity (Wildman–Crippen MR) is 90.9 cm³/mol. The van der Waals surface area contributed by atoms with Crippen LogP contribution >= 0.6 is 0 Å². The second kappa shape index (κ2) is 7.76. The molecule has 116 valence electrons. The number of rotatable bonds is 6. The third kappa shape index (κ3) is 5.01. The molecule has 0 bridgehead atoms. The van der Waals surface area contributed by atoms with Crippen molar-refractivity contribution in [1.29, 1.82) is 0 Å². The summed E-state index contributed by atoms with van der Waals surface area (Å²) in [5.74, 6) is -0.0140. The third-order valence-corrected chi connectivity index (χ3v) is 3.48. The Kier molecular flexibility index (Phi) is 5.73. The van der Waals surface area contributed by atoms with Gasteiger partial charge < -0.3 is 10.2 Å². The second-order valence-corrected chi connectivity index (χ2v) is 6.00. The molecule has 0 spiro atoms. The van der Waals surface area contributed by atoms with Gasteiger partial charge in [0.2, 0.25) is 0 Å². The molecule has 0 unspecified atom stereocenters. The van der Waals surface area contributed by atoms with E-state index in [1.165, 1.54) is 11.1 Å². The van der Waals surface area contributed by atoms with Crippen molar-refractivity contribution in [2.75, 3.05) is 14.1 Å². The number of nitrogens with zero attached hydrogens (tertiary/aromatic N) is 1. The van der Waals surface area contributed by atoms with Crippen LogP contribution in [0.15, 0.2) is 54.6 Å². The van der Waals surface area contributed by atoms with Crippen LogP contribution in [0.3, 0.4) is 0 Å². The van der Waals surface area contributed by atoms with E-state index in [1.807, 2.05) is 63.5 Å². The third-order valence-electron chi connectivity index (χ3n) is 3.48. The molecule has 1 amide bonds. The Hall–Kier alpha value is -2.13. The Labute approximate surface area is 133 Å². The molecule has 0 radical (unpaired) electrons. The van der Waals surface area contributed by atoms with Crippen molar-refractivity contribution in [3.8, 4) is 0 Å². The molecular formula is C19H24N2O. The highest BCUT2D eigenvalue weighted by atomic mass is 16.1. The fourth-order valence-corrected chi connectivity index (χ4v) is 2.45. The molecule has 1 N–H and O–H groups in total. The highest BCUT2D eigenvalue weighted by Gasteiger charge is 2.10. The van der Waals surface area contributed by atoms with Gasteiger partial charge >= 0.3 is 0 Å². The molecule has 2 aromatic rings. The zero-order valence-electron chi connectivity index (χ0n) is 13.5. The van der Waals surface area contributed by atoms with Gasteiger partial charge in [0, 0.05) is 18.2 Å². The number of nitrogens with one attached hydrogen (secondary N) is 1. The van der Waals surface area contributed by atoms with Crippen LogP contribution in [0.5, 0.6) is 0 Å². The van der Waals surface area contributed by atoms with Crippen LogP contribution in [0.4, 0.5) is 0 Å². The number of benzene rings is 2. The molecule has 2 rings (SSSR count). The fourth-order valence-electron chi connectivity index (χ4n) is 2.45. The molecule has 0 saturated carbocycles. The highest BCUT2D eigenvalue weighted by Crippen LogP contribution is 2.08. The first-order valence-electron chi connectivity index (χ1n) is 7.63. The monoisotopic (exact) mass is 296 g/mol. The lowest BCUT2D eigenvalue weighted by atomic mass is 10.1. The maximum atomic E-state index is 12.3. The first-order chi connectivity index (χ1) is 10.5. The quantitative estimate of drug-likeness (QED) is 0.888. The number of carbonyl (C=O) groups is 1. The van der Waals surface area contributed by atoms with Crippen LogP contribution < -0.4 is 5.32 Å². The molecule has 0 fully saturated rings. The summed E-state index contributed by atoms with van der Waals surface area (Å²) in [7, 11) is 4.07. The van der Waals surface area contributed by atoms with E-state index in [9.17, 15) is 4.79 Å². The zero-order valence-corrected chi connectivity index (χ0v) is 13.5. The van der Waals surface area contributed by atoms with Gasteiger partial charge in [-0.2, -0.15) is 0 Å². The molecule has 0 aliphatic heterocycles. The average molecular weight is 296 g/mol. The second-order valence-electron chi connectivity index (χ2n) is 6.00. The van der Waals surface area contributed by atoms with Crippen LogP contribution in [-0.2, 0) is 13.0 Å². The van der Waals surface area contributed by atoms with Crippen LogP contribution in [0, 0.1) is 0 Å². The minimum Gasteiger partial charge on any atom is -0.349 e. The lowest BCUT2D eigenvalue weighted by molar-refractivity contribution is 0.0940. The van der Waals surface area contributed by atoms with Gasteiger partial charge in [-0.25, -0.2) is 0 Å². The van der Waals surface area contributed by atoms with Crippen LogP contribution in [0.25, 0.3) is 0 Å². The van der Waals surface area contributed by atoms with Gasteiger partial charge in [-0.05, 0) is 50.7 Å². The molecule has 3 heteroatoms. The lowest BCUT2D eigenvalue weighted by Crippen LogP contribution is -2.34. The van der Waals surface area contributed by atoms with Crippen LogP contribution in [0.2, 0.25) is 0 Å². The van der Waals surface area contributed by atoms with Gasteiger partial charge in [0.25, 0.3) is 5.91 Å². The molecule has 22 heavy (non-hydrogen) atoms. The van der Waals surface area contributed by atoms with E-state index in [0.29, 0.717) is 5.56 Å². The Balaban J connectivity index is 1.91. The summed E-state index contributed by atoms with van der Waals surface area (Å²) >= 11 is 0. The van der Waals surface area contributed by atoms with E-state index >= 15 is 0 Å². The SMILES string of the molecule is C[C@H](Cc1ccccc1)NC(=O)c1ccc(CN(C)C)cc1. The summed E-state index contributed by atoms with van der Waals surface area (Å²) in [5, 5.41) is 3.06. The largest absolute Gasteiger partial charge is 0.349 e. The smallest absolute Gasteiger partial charge is 0.251 e. The molecule has 0 aliphatic carbocycles. The van der Waals surface area contributed by atoms with Crippen molar-refractivity contribution in [3.05, 3.63) is 71.3 Å². The van der Waals surface area contributed by atoms with Crippen molar-refractivity contribution >= 4 is 5.91 Å². The van der Waals surface area contributed by atoms with Gasteiger partial charge in [0.05, 0.1) is 0 Å². The molecule has 2 aromatic carbocycles. The summed E-state index contributed by atoms with van der Waals surface area (Å²) in [5.41, 5.74) is 3.15. The minimum absolute atomic E-state index is 0.0140. The van der Waals surface area contributed by atoms with Gasteiger partial charge in [0.15, 0.2) is 0 Å². The maximum Gasteiger partial charge on any atom is 0.251 e. The Bertz CT molecular complexity index is 591. The Morgan fingerprint density at radius 3 is 2.23 bits per heavy atom. The summed E-state index contributed by atoms with van der Waals surface area (Å²) < 4.78 is 0. The van der Waals surface area contributed by atoms with Crippen molar-refractivity contribution in [1.82, 2.24) is 10.2 Å². The Morgan fingerprint density at radius 1 is 1.00 bits per heavy atom. The van der Waals surface area contributed by atoms with E-state index < -0.39 is 0 Å². The first-order valence-corrected chi connectivity index (χ1v) is 7.63. The van der Waals surface area contributed by atoms with E-state index in [1.54, 1.807) is 0 Å². The van der Waals surface area contributed by atoms with E-state index in [2.05, 4.69) is 22.3 Å². The van der Waals surface area contributed by atoms with Crippen LogP contribution in [-0.4, -0.2) is 30.9 Å². The number of carbonyl (C=O) groups excluding carboxylic acids is 1. The molecule has 0 heterocycles. The average Bonchev–Trinajstić information content (AvgIpc) is 2.48. The minimum atomic E-state index is -0.0140. The van der Waals surface area contributed by atoms with Crippen molar-refractivity contribution in [2.24, 2.45) is 0 Å². The standard InChI is InChI=1S/C19H24N2O/c1-15(13-16-7-5-4-6-8-16)20-19(22)18-11-9-17(10-12-18)14-21(2)3/h4-12,15H,13-14H2,1-3H3,(H,20,22)/t15-/m1/s1. The lowest BCUT2D eigenvalue weighted by Gasteiger charge is -2.14. The van der Waals surface area contributed by atoms with Gasteiger partial charge in [-0.3, -0.25) is 4.79 Å². The van der Waals surface area contributed by atoms with Gasteiger partial charge in [-0.1, -0.05) is 42.5 Å². The molecule has 0 aliphatic rings. The normalized spacial score (nSPS) is 12.2. The molecule has 1 atom stereocenters. The van der Waals surface area contributed by atoms with E-state index in [-0.39, 0.29) is 11.9 Å². The highest BCUT2D eigenvalue weighted by molar-refractivity contribution is 5.94. The van der Waals surface area contributed by atoms with Crippen molar-refractivity contribution in [2.45, 2.75) is 25.9 Å². The topological polar surface area (TPSA) is 32.3 Å². The summed E-state index contributed by atoms with van der Waals surface area (Å²) in [6.45, 7) is 2.91.